The Morgan fingerprint density at radius 1 is 1.06 bits per heavy atom. The summed E-state index contributed by atoms with van der Waals surface area (Å²) in [4.78, 5) is 0. The van der Waals surface area contributed by atoms with E-state index >= 15 is 0 Å². The summed E-state index contributed by atoms with van der Waals surface area (Å²) in [5.74, 6) is 0.847. The maximum atomic E-state index is 6.07. The van der Waals surface area contributed by atoms with Crippen molar-refractivity contribution in [3.05, 3.63) is 58.1 Å². The van der Waals surface area contributed by atoms with Gasteiger partial charge in [-0.1, -0.05) is 35.3 Å². The van der Waals surface area contributed by atoms with Crippen molar-refractivity contribution in [2.75, 3.05) is 12.4 Å². The van der Waals surface area contributed by atoms with Crippen LogP contribution in [0.25, 0.3) is 0 Å². The van der Waals surface area contributed by atoms with E-state index in [0.29, 0.717) is 16.6 Å². The zero-order chi connectivity index (χ0) is 13.0. The molecule has 0 spiro atoms. The van der Waals surface area contributed by atoms with Crippen LogP contribution in [0.15, 0.2) is 42.5 Å². The molecular formula is C14H13Cl2NO. The number of rotatable bonds is 4. The van der Waals surface area contributed by atoms with Gasteiger partial charge in [-0.3, -0.25) is 0 Å². The van der Waals surface area contributed by atoms with E-state index in [0.717, 1.165) is 17.0 Å². The maximum Gasteiger partial charge on any atom is 0.118 e. The van der Waals surface area contributed by atoms with Crippen LogP contribution in [0.2, 0.25) is 10.0 Å². The molecule has 0 aliphatic rings. The lowest BCUT2D eigenvalue weighted by Crippen LogP contribution is -1.99. The quantitative estimate of drug-likeness (QED) is 0.883. The van der Waals surface area contributed by atoms with E-state index in [2.05, 4.69) is 5.32 Å². The highest BCUT2D eigenvalue weighted by Crippen LogP contribution is 2.26. The van der Waals surface area contributed by atoms with Gasteiger partial charge in [0.25, 0.3) is 0 Å². The summed E-state index contributed by atoms with van der Waals surface area (Å²) < 4.78 is 5.11. The Hall–Kier alpha value is -1.38. The van der Waals surface area contributed by atoms with E-state index in [1.54, 1.807) is 19.2 Å². The van der Waals surface area contributed by atoms with Crippen molar-refractivity contribution in [2.24, 2.45) is 0 Å². The van der Waals surface area contributed by atoms with Crippen molar-refractivity contribution in [3.8, 4) is 5.75 Å². The fourth-order valence-electron chi connectivity index (χ4n) is 1.57. The molecular weight excluding hydrogens is 269 g/mol. The van der Waals surface area contributed by atoms with Crippen LogP contribution < -0.4 is 10.1 Å². The normalized spacial score (nSPS) is 10.2. The van der Waals surface area contributed by atoms with Crippen LogP contribution in [-0.2, 0) is 6.54 Å². The molecule has 0 aliphatic carbocycles. The van der Waals surface area contributed by atoms with Crippen LogP contribution in [0, 0.1) is 0 Å². The van der Waals surface area contributed by atoms with Crippen molar-refractivity contribution in [2.45, 2.75) is 6.54 Å². The van der Waals surface area contributed by atoms with E-state index in [4.69, 9.17) is 27.9 Å². The number of ether oxygens (including phenoxy) is 1. The van der Waals surface area contributed by atoms with Gasteiger partial charge < -0.3 is 10.1 Å². The van der Waals surface area contributed by atoms with Crippen molar-refractivity contribution >= 4 is 28.9 Å². The van der Waals surface area contributed by atoms with Crippen LogP contribution in [0.1, 0.15) is 5.56 Å². The predicted octanol–water partition coefficient (Wildman–Crippen LogP) is 4.61. The molecule has 0 bridgehead atoms. The average molecular weight is 282 g/mol. The minimum atomic E-state index is 0.660. The largest absolute Gasteiger partial charge is 0.497 e. The van der Waals surface area contributed by atoms with Gasteiger partial charge in [-0.15, -0.1) is 0 Å². The second-order valence-corrected chi connectivity index (χ2v) is 4.67. The number of anilines is 1. The molecule has 2 rings (SSSR count). The molecule has 0 saturated heterocycles. The highest BCUT2D eigenvalue weighted by Gasteiger charge is 2.01. The zero-order valence-electron chi connectivity index (χ0n) is 9.91. The number of halogens is 2. The Morgan fingerprint density at radius 3 is 2.44 bits per heavy atom. The van der Waals surface area contributed by atoms with Crippen molar-refractivity contribution in [1.29, 1.82) is 0 Å². The summed E-state index contributed by atoms with van der Waals surface area (Å²) in [6, 6.07) is 13.2. The molecule has 1 N–H and O–H groups in total. The topological polar surface area (TPSA) is 21.3 Å². The van der Waals surface area contributed by atoms with Gasteiger partial charge in [-0.05, 0) is 35.9 Å². The van der Waals surface area contributed by atoms with Gasteiger partial charge in [0.05, 0.1) is 17.8 Å². The Balaban J connectivity index is 2.04. The van der Waals surface area contributed by atoms with Gasteiger partial charge in [0.1, 0.15) is 5.75 Å². The Bertz CT molecular complexity index is 526. The predicted molar refractivity (Wildman–Crippen MR) is 76.8 cm³/mol. The van der Waals surface area contributed by atoms with E-state index in [-0.39, 0.29) is 0 Å². The molecule has 0 heterocycles. The molecule has 0 aliphatic heterocycles. The molecule has 94 valence electrons. The zero-order valence-corrected chi connectivity index (χ0v) is 11.4. The van der Waals surface area contributed by atoms with Gasteiger partial charge in [-0.2, -0.15) is 0 Å². The standard InChI is InChI=1S/C14H13Cl2NO/c1-18-12-5-2-10(3-6-12)9-17-14-8-11(15)4-7-13(14)16/h2-8,17H,9H2,1H3. The minimum Gasteiger partial charge on any atom is -0.497 e. The molecule has 0 aromatic heterocycles. The van der Waals surface area contributed by atoms with Crippen molar-refractivity contribution in [3.63, 3.8) is 0 Å². The van der Waals surface area contributed by atoms with E-state index in [9.17, 15) is 0 Å². The second kappa shape index (κ2) is 5.98. The number of hydrogen-bond donors (Lipinski definition) is 1. The molecule has 0 unspecified atom stereocenters. The smallest absolute Gasteiger partial charge is 0.118 e. The summed E-state index contributed by atoms with van der Waals surface area (Å²) in [6.07, 6.45) is 0. The van der Waals surface area contributed by atoms with Gasteiger partial charge in [0.15, 0.2) is 0 Å². The number of benzene rings is 2. The summed E-state index contributed by atoms with van der Waals surface area (Å²) in [6.45, 7) is 0.685. The molecule has 2 aromatic carbocycles. The highest BCUT2D eigenvalue weighted by atomic mass is 35.5. The van der Waals surface area contributed by atoms with E-state index < -0.39 is 0 Å². The third-order valence-corrected chi connectivity index (χ3v) is 3.14. The van der Waals surface area contributed by atoms with E-state index in [1.807, 2.05) is 30.3 Å². The third-order valence-electron chi connectivity index (χ3n) is 2.57. The van der Waals surface area contributed by atoms with Crippen LogP contribution in [-0.4, -0.2) is 7.11 Å². The first-order chi connectivity index (χ1) is 8.69. The first-order valence-electron chi connectivity index (χ1n) is 5.51. The van der Waals surface area contributed by atoms with Gasteiger partial charge in [-0.25, -0.2) is 0 Å². The molecule has 0 amide bonds. The molecule has 2 aromatic rings. The van der Waals surface area contributed by atoms with Gasteiger partial charge in [0.2, 0.25) is 0 Å². The minimum absolute atomic E-state index is 0.660. The fraction of sp³-hybridized carbons (Fsp3) is 0.143. The first-order valence-corrected chi connectivity index (χ1v) is 6.26. The second-order valence-electron chi connectivity index (χ2n) is 3.83. The Kier molecular flexibility index (Phi) is 4.34. The molecule has 0 fully saturated rings. The molecule has 0 radical (unpaired) electrons. The number of nitrogens with one attached hydrogen (secondary N) is 1. The summed E-state index contributed by atoms with van der Waals surface area (Å²) in [7, 11) is 1.65. The molecule has 0 atom stereocenters. The SMILES string of the molecule is COc1ccc(CNc2cc(Cl)ccc2Cl)cc1. The van der Waals surface area contributed by atoms with Crippen molar-refractivity contribution < 1.29 is 4.74 Å². The third kappa shape index (κ3) is 3.31. The molecule has 18 heavy (non-hydrogen) atoms. The Labute approximate surface area is 116 Å². The van der Waals surface area contributed by atoms with E-state index in [1.165, 1.54) is 0 Å². The van der Waals surface area contributed by atoms with Gasteiger partial charge >= 0.3 is 0 Å². The van der Waals surface area contributed by atoms with Crippen molar-refractivity contribution in [1.82, 2.24) is 0 Å². The van der Waals surface area contributed by atoms with Crippen LogP contribution in [0.3, 0.4) is 0 Å². The molecule has 0 saturated carbocycles. The number of methoxy groups -OCH3 is 1. The molecule has 2 nitrogen and oxygen atoms in total. The first kappa shape index (κ1) is 13.1. The Morgan fingerprint density at radius 2 is 1.78 bits per heavy atom. The summed E-state index contributed by atoms with van der Waals surface area (Å²) >= 11 is 12.0. The highest BCUT2D eigenvalue weighted by molar-refractivity contribution is 6.35. The number of hydrogen-bond acceptors (Lipinski definition) is 2. The van der Waals surface area contributed by atoms with Crippen LogP contribution in [0.4, 0.5) is 5.69 Å². The summed E-state index contributed by atoms with van der Waals surface area (Å²) in [5, 5.41) is 4.57. The lowest BCUT2D eigenvalue weighted by atomic mass is 10.2. The maximum absolute atomic E-state index is 6.07. The lowest BCUT2D eigenvalue weighted by molar-refractivity contribution is 0.414. The summed E-state index contributed by atoms with van der Waals surface area (Å²) in [5.41, 5.74) is 1.98. The molecule has 4 heteroatoms. The lowest BCUT2D eigenvalue weighted by Gasteiger charge is -2.09. The fourth-order valence-corrected chi connectivity index (χ4v) is 1.93. The van der Waals surface area contributed by atoms with Gasteiger partial charge in [0, 0.05) is 11.6 Å². The van der Waals surface area contributed by atoms with Crippen LogP contribution in [0.5, 0.6) is 5.75 Å². The monoisotopic (exact) mass is 281 g/mol. The average Bonchev–Trinajstić information content (AvgIpc) is 2.40. The van der Waals surface area contributed by atoms with Crippen LogP contribution >= 0.6 is 23.2 Å².